The molecular formula is C29H27FN4O. The van der Waals surface area contributed by atoms with Crippen LogP contribution in [0.15, 0.2) is 72.8 Å². The van der Waals surface area contributed by atoms with Crippen molar-refractivity contribution in [3.8, 4) is 17.3 Å². The number of nitriles is 1. The van der Waals surface area contributed by atoms with Crippen LogP contribution in [0.1, 0.15) is 24.0 Å². The summed E-state index contributed by atoms with van der Waals surface area (Å²) in [7, 11) is 0. The van der Waals surface area contributed by atoms with Gasteiger partial charge in [-0.2, -0.15) is 5.26 Å². The van der Waals surface area contributed by atoms with Crippen LogP contribution in [0.5, 0.6) is 0 Å². The van der Waals surface area contributed by atoms with Crippen LogP contribution in [0.2, 0.25) is 0 Å². The third-order valence-corrected chi connectivity index (χ3v) is 6.75. The smallest absolute Gasteiger partial charge is 0.222 e. The zero-order valence-corrected chi connectivity index (χ0v) is 19.5. The number of hydrogen-bond donors (Lipinski definition) is 1. The topological polar surface area (TPSA) is 63.1 Å². The highest BCUT2D eigenvalue weighted by Crippen LogP contribution is 2.31. The Balaban J connectivity index is 1.29. The second-order valence-electron chi connectivity index (χ2n) is 8.91. The molecule has 1 aliphatic heterocycles. The number of H-pyrrole nitrogens is 1. The summed E-state index contributed by atoms with van der Waals surface area (Å²) in [6.45, 7) is 3.07. The zero-order chi connectivity index (χ0) is 24.2. The first-order valence-corrected chi connectivity index (χ1v) is 12.0. The van der Waals surface area contributed by atoms with Crippen molar-refractivity contribution in [1.29, 1.82) is 5.26 Å². The van der Waals surface area contributed by atoms with Gasteiger partial charge >= 0.3 is 0 Å². The molecule has 1 aromatic heterocycles. The van der Waals surface area contributed by atoms with Crippen LogP contribution < -0.4 is 4.90 Å². The number of aromatic amines is 1. The minimum Gasteiger partial charge on any atom is -0.370 e. The third kappa shape index (κ3) is 4.90. The van der Waals surface area contributed by atoms with E-state index in [9.17, 15) is 9.18 Å². The Hall–Kier alpha value is -4.11. The number of nitrogens with zero attached hydrogens (tertiary/aromatic N) is 3. The van der Waals surface area contributed by atoms with E-state index in [1.54, 1.807) is 12.1 Å². The molecule has 0 unspecified atom stereocenters. The quantitative estimate of drug-likeness (QED) is 0.421. The van der Waals surface area contributed by atoms with Gasteiger partial charge in [0.25, 0.3) is 0 Å². The maximum absolute atomic E-state index is 13.5. The maximum atomic E-state index is 13.5. The maximum Gasteiger partial charge on any atom is 0.222 e. The van der Waals surface area contributed by atoms with E-state index < -0.39 is 0 Å². The predicted molar refractivity (Wildman–Crippen MR) is 137 cm³/mol. The molecule has 5 nitrogen and oxygen atoms in total. The summed E-state index contributed by atoms with van der Waals surface area (Å²) in [6, 6.07) is 24.3. The van der Waals surface area contributed by atoms with Gasteiger partial charge < -0.3 is 14.8 Å². The van der Waals surface area contributed by atoms with E-state index in [4.69, 9.17) is 5.26 Å². The van der Waals surface area contributed by atoms with E-state index in [0.29, 0.717) is 24.9 Å². The molecule has 0 saturated carbocycles. The fourth-order valence-corrected chi connectivity index (χ4v) is 4.88. The average molecular weight is 467 g/mol. The summed E-state index contributed by atoms with van der Waals surface area (Å²) in [5.41, 5.74) is 5.70. The van der Waals surface area contributed by atoms with E-state index in [1.807, 2.05) is 47.4 Å². The second kappa shape index (κ2) is 10.0. The number of amides is 1. The Kier molecular flexibility index (Phi) is 6.49. The van der Waals surface area contributed by atoms with E-state index in [1.165, 1.54) is 12.1 Å². The zero-order valence-electron chi connectivity index (χ0n) is 19.5. The molecule has 3 aromatic carbocycles. The van der Waals surface area contributed by atoms with Gasteiger partial charge in [0.1, 0.15) is 5.82 Å². The van der Waals surface area contributed by atoms with Gasteiger partial charge in [-0.3, -0.25) is 4.79 Å². The molecule has 1 fully saturated rings. The molecule has 1 amide bonds. The molecule has 35 heavy (non-hydrogen) atoms. The van der Waals surface area contributed by atoms with Gasteiger partial charge in [-0.15, -0.1) is 0 Å². The van der Waals surface area contributed by atoms with Gasteiger partial charge in [0.2, 0.25) is 5.91 Å². The van der Waals surface area contributed by atoms with Crippen LogP contribution in [-0.2, 0) is 11.2 Å². The lowest BCUT2D eigenvalue weighted by Gasteiger charge is -2.24. The fourth-order valence-electron chi connectivity index (χ4n) is 4.88. The summed E-state index contributed by atoms with van der Waals surface area (Å²) < 4.78 is 13.5. The van der Waals surface area contributed by atoms with Crippen LogP contribution in [0.4, 0.5) is 10.1 Å². The van der Waals surface area contributed by atoms with Crippen molar-refractivity contribution in [3.05, 3.63) is 89.7 Å². The fraction of sp³-hybridized carbons (Fsp3) is 0.241. The number of fused-ring (bicyclic) bond motifs is 1. The van der Waals surface area contributed by atoms with Crippen molar-refractivity contribution in [1.82, 2.24) is 9.88 Å². The monoisotopic (exact) mass is 466 g/mol. The Bertz CT molecular complexity index is 1370. The SMILES string of the molecule is N#Cc1ccc(N2CCCN(C(=O)CCc3c(-c4ccc(F)cc4)[nH]c4ccccc34)CC2)cc1. The minimum atomic E-state index is -0.266. The Labute approximate surface area is 204 Å². The summed E-state index contributed by atoms with van der Waals surface area (Å²) in [5.74, 6) is -0.111. The number of hydrogen-bond acceptors (Lipinski definition) is 3. The first-order chi connectivity index (χ1) is 17.1. The molecule has 6 heteroatoms. The van der Waals surface area contributed by atoms with Crippen molar-refractivity contribution < 1.29 is 9.18 Å². The lowest BCUT2D eigenvalue weighted by Crippen LogP contribution is -2.35. The normalized spacial score (nSPS) is 14.1. The molecule has 0 radical (unpaired) electrons. The Morgan fingerprint density at radius 1 is 0.943 bits per heavy atom. The standard InChI is InChI=1S/C29H27FN4O/c30-23-10-8-22(9-11-23)29-26(25-4-1-2-5-27(25)32-29)14-15-28(35)34-17-3-16-33(18-19-34)24-12-6-21(20-31)7-13-24/h1-2,4-13,32H,3,14-19H2. The van der Waals surface area contributed by atoms with E-state index in [0.717, 1.165) is 59.5 Å². The average Bonchev–Trinajstić information content (AvgIpc) is 3.08. The van der Waals surface area contributed by atoms with E-state index in [2.05, 4.69) is 22.0 Å². The first-order valence-electron chi connectivity index (χ1n) is 12.0. The molecule has 0 atom stereocenters. The molecule has 1 aliphatic rings. The summed E-state index contributed by atoms with van der Waals surface area (Å²) in [5, 5.41) is 10.1. The molecule has 0 bridgehead atoms. The minimum absolute atomic E-state index is 0.155. The number of para-hydroxylation sites is 1. The predicted octanol–water partition coefficient (Wildman–Crippen LogP) is 5.52. The summed E-state index contributed by atoms with van der Waals surface area (Å²) in [4.78, 5) is 20.9. The summed E-state index contributed by atoms with van der Waals surface area (Å²) >= 11 is 0. The van der Waals surface area contributed by atoms with Gasteiger partial charge in [0.15, 0.2) is 0 Å². The Morgan fingerprint density at radius 2 is 1.71 bits per heavy atom. The molecule has 176 valence electrons. The number of carbonyl (C=O) groups excluding carboxylic acids is 1. The van der Waals surface area contributed by atoms with Gasteiger partial charge in [-0.1, -0.05) is 18.2 Å². The molecular weight excluding hydrogens is 439 g/mol. The van der Waals surface area contributed by atoms with Gasteiger partial charge in [-0.25, -0.2) is 4.39 Å². The molecule has 0 aliphatic carbocycles. The number of halogens is 1. The number of carbonyl (C=O) groups is 1. The molecule has 5 rings (SSSR count). The molecule has 0 spiro atoms. The van der Waals surface area contributed by atoms with Gasteiger partial charge in [0.05, 0.1) is 11.6 Å². The molecule has 4 aromatic rings. The molecule has 2 heterocycles. The highest BCUT2D eigenvalue weighted by Gasteiger charge is 2.21. The van der Waals surface area contributed by atoms with Crippen molar-refractivity contribution in [3.63, 3.8) is 0 Å². The van der Waals surface area contributed by atoms with Crippen LogP contribution in [-0.4, -0.2) is 42.0 Å². The number of anilines is 1. The van der Waals surface area contributed by atoms with Crippen molar-refractivity contribution in [2.45, 2.75) is 19.3 Å². The highest BCUT2D eigenvalue weighted by molar-refractivity contribution is 5.91. The summed E-state index contributed by atoms with van der Waals surface area (Å²) in [6.07, 6.45) is 1.94. The molecule has 1 saturated heterocycles. The third-order valence-electron chi connectivity index (χ3n) is 6.75. The van der Waals surface area contributed by atoms with Crippen LogP contribution in [0, 0.1) is 17.1 Å². The Morgan fingerprint density at radius 3 is 2.49 bits per heavy atom. The number of nitrogens with one attached hydrogen (secondary N) is 1. The van der Waals surface area contributed by atoms with Crippen molar-refractivity contribution in [2.75, 3.05) is 31.1 Å². The van der Waals surface area contributed by atoms with Gasteiger partial charge in [-0.05, 0) is 78.6 Å². The van der Waals surface area contributed by atoms with E-state index in [-0.39, 0.29) is 11.7 Å². The lowest BCUT2D eigenvalue weighted by molar-refractivity contribution is -0.130. The molecule has 1 N–H and O–H groups in total. The number of aryl methyl sites for hydroxylation is 1. The van der Waals surface area contributed by atoms with Crippen molar-refractivity contribution >= 4 is 22.5 Å². The lowest BCUT2D eigenvalue weighted by atomic mass is 10.0. The highest BCUT2D eigenvalue weighted by atomic mass is 19.1. The van der Waals surface area contributed by atoms with E-state index >= 15 is 0 Å². The van der Waals surface area contributed by atoms with Crippen molar-refractivity contribution in [2.24, 2.45) is 0 Å². The number of benzene rings is 3. The first kappa shape index (κ1) is 22.7. The van der Waals surface area contributed by atoms with Crippen LogP contribution in [0.3, 0.4) is 0 Å². The van der Waals surface area contributed by atoms with Crippen LogP contribution >= 0.6 is 0 Å². The largest absolute Gasteiger partial charge is 0.370 e. The number of aromatic nitrogens is 1. The van der Waals surface area contributed by atoms with Crippen LogP contribution in [0.25, 0.3) is 22.2 Å². The van der Waals surface area contributed by atoms with Gasteiger partial charge in [0, 0.05) is 54.9 Å². The second-order valence-corrected chi connectivity index (χ2v) is 8.91. The number of rotatable bonds is 5.